The highest BCUT2D eigenvalue weighted by Gasteiger charge is 2.55. The molecule has 2 aliphatic rings. The minimum Gasteiger partial charge on any atom is -0.415 e. The van der Waals surface area contributed by atoms with Crippen molar-refractivity contribution in [3.05, 3.63) is 23.2 Å². The fourth-order valence-electron chi connectivity index (χ4n) is 3.90. The van der Waals surface area contributed by atoms with Crippen LogP contribution in [0.1, 0.15) is 46.2 Å². The minimum absolute atomic E-state index is 0.0307. The van der Waals surface area contributed by atoms with Gasteiger partial charge in [0.1, 0.15) is 24.1 Å². The lowest BCUT2D eigenvalue weighted by Crippen LogP contribution is -2.47. The summed E-state index contributed by atoms with van der Waals surface area (Å²) in [6.45, 7) is 15.8. The van der Waals surface area contributed by atoms with Gasteiger partial charge in [-0.1, -0.05) is 32.4 Å². The molecular weight excluding hydrogens is 408 g/mol. The molecule has 2 fully saturated rings. The van der Waals surface area contributed by atoms with Crippen molar-refractivity contribution in [1.29, 1.82) is 0 Å². The van der Waals surface area contributed by atoms with E-state index in [0.29, 0.717) is 11.8 Å². The van der Waals surface area contributed by atoms with Crippen LogP contribution in [0.15, 0.2) is 12.5 Å². The summed E-state index contributed by atoms with van der Waals surface area (Å²) < 4.78 is 19.1. The van der Waals surface area contributed by atoms with Gasteiger partial charge >= 0.3 is 0 Å². The van der Waals surface area contributed by atoms with Gasteiger partial charge in [-0.2, -0.15) is 0 Å². The Bertz CT molecular complexity index is 911. The summed E-state index contributed by atoms with van der Waals surface area (Å²) in [6.07, 6.45) is 3.20. The number of rotatable bonds is 4. The average Bonchev–Trinajstić information content (AvgIpc) is 3.24. The van der Waals surface area contributed by atoms with E-state index >= 15 is 0 Å². The van der Waals surface area contributed by atoms with E-state index in [0.717, 1.165) is 16.6 Å². The molecule has 2 N–H and O–H groups in total. The van der Waals surface area contributed by atoms with Crippen LogP contribution in [0.5, 0.6) is 0 Å². The van der Waals surface area contributed by atoms with E-state index in [1.165, 1.54) is 6.33 Å². The molecule has 4 atom stereocenters. The van der Waals surface area contributed by atoms with E-state index in [1.807, 2.05) is 20.0 Å². The molecule has 0 radical (unpaired) electrons. The van der Waals surface area contributed by atoms with Crippen LogP contribution in [0.2, 0.25) is 23.3 Å². The van der Waals surface area contributed by atoms with E-state index in [4.69, 9.17) is 25.5 Å². The van der Waals surface area contributed by atoms with Gasteiger partial charge in [0.25, 0.3) is 0 Å². The van der Waals surface area contributed by atoms with Gasteiger partial charge in [0.05, 0.1) is 24.2 Å². The van der Waals surface area contributed by atoms with Crippen LogP contribution in [-0.4, -0.2) is 53.9 Å². The van der Waals surface area contributed by atoms with Crippen molar-refractivity contribution in [2.45, 2.75) is 82.8 Å². The lowest BCUT2D eigenvalue weighted by Gasteiger charge is -2.37. The molecule has 0 saturated carbocycles. The van der Waals surface area contributed by atoms with Crippen molar-refractivity contribution in [2.75, 3.05) is 6.61 Å². The lowest BCUT2D eigenvalue weighted by molar-refractivity contribution is -0.157. The fourth-order valence-corrected chi connectivity index (χ4v) is 5.11. The van der Waals surface area contributed by atoms with Crippen LogP contribution in [0, 0.1) is 0 Å². The van der Waals surface area contributed by atoms with E-state index in [-0.39, 0.29) is 29.3 Å². The third-order valence-corrected chi connectivity index (χ3v) is 11.3. The van der Waals surface area contributed by atoms with Gasteiger partial charge in [-0.05, 0) is 32.0 Å². The SMILES string of the molecule is CC1(C)O[C@@H]2[C@H](O1)[C@@H](CO[Si](C)(C)C(C)(C)C)N[C@H]2c1c[nH]c2c(Cl)ncnc12. The second-order valence-corrected chi connectivity index (χ2v) is 15.2. The van der Waals surface area contributed by atoms with Crippen molar-refractivity contribution in [3.63, 3.8) is 0 Å². The molecule has 2 aromatic heterocycles. The number of halogens is 1. The summed E-state index contributed by atoms with van der Waals surface area (Å²) in [5.41, 5.74) is 2.55. The Morgan fingerprint density at radius 3 is 2.59 bits per heavy atom. The molecule has 9 heteroatoms. The number of aromatic nitrogens is 3. The van der Waals surface area contributed by atoms with Gasteiger partial charge in [-0.3, -0.25) is 0 Å². The molecule has 7 nitrogen and oxygen atoms in total. The summed E-state index contributed by atoms with van der Waals surface area (Å²) in [4.78, 5) is 11.7. The third-order valence-electron chi connectivity index (χ3n) is 6.49. The second-order valence-electron chi connectivity index (χ2n) is 10.0. The Labute approximate surface area is 178 Å². The number of nitrogens with zero attached hydrogens (tertiary/aromatic N) is 2. The number of fused-ring (bicyclic) bond motifs is 2. The van der Waals surface area contributed by atoms with E-state index in [1.54, 1.807) is 0 Å². The first-order valence-electron chi connectivity index (χ1n) is 10.1. The monoisotopic (exact) mass is 438 g/mol. The summed E-state index contributed by atoms with van der Waals surface area (Å²) >= 11 is 6.23. The first-order chi connectivity index (χ1) is 13.4. The maximum Gasteiger partial charge on any atom is 0.192 e. The first-order valence-corrected chi connectivity index (χ1v) is 13.4. The van der Waals surface area contributed by atoms with Crippen molar-refractivity contribution < 1.29 is 13.9 Å². The molecule has 0 spiro atoms. The van der Waals surface area contributed by atoms with Gasteiger partial charge in [-0.15, -0.1) is 0 Å². The summed E-state index contributed by atoms with van der Waals surface area (Å²) in [7, 11) is -1.87. The molecule has 160 valence electrons. The molecule has 2 aromatic rings. The van der Waals surface area contributed by atoms with Crippen molar-refractivity contribution in [3.8, 4) is 0 Å². The average molecular weight is 439 g/mol. The van der Waals surface area contributed by atoms with Gasteiger partial charge in [0.15, 0.2) is 19.3 Å². The normalized spacial score (nSPS) is 29.5. The molecule has 2 saturated heterocycles. The van der Waals surface area contributed by atoms with Gasteiger partial charge in [-0.25, -0.2) is 9.97 Å². The van der Waals surface area contributed by atoms with Crippen LogP contribution < -0.4 is 5.32 Å². The molecule has 4 rings (SSSR count). The molecule has 0 aliphatic carbocycles. The predicted molar refractivity (Wildman–Crippen MR) is 116 cm³/mol. The number of hydrogen-bond donors (Lipinski definition) is 2. The summed E-state index contributed by atoms with van der Waals surface area (Å²) in [6, 6.07) is -0.0438. The third kappa shape index (κ3) is 3.75. The Morgan fingerprint density at radius 1 is 1.21 bits per heavy atom. The summed E-state index contributed by atoms with van der Waals surface area (Å²) in [5.74, 6) is -0.635. The standard InChI is InChI=1S/C20H31ClN4O3Si/c1-19(2,3)29(6,7)26-9-12-16-17(28-20(4,5)27-16)14(25-12)11-8-22-15-13(11)23-10-24-18(15)21/h8,10,12,14,16-17,22,25H,9H2,1-7H3/t12-,14+,16-,17+/m1/s1. The predicted octanol–water partition coefficient (Wildman–Crippen LogP) is 4.17. The minimum atomic E-state index is -1.87. The number of ether oxygens (including phenoxy) is 2. The van der Waals surface area contributed by atoms with Gasteiger partial charge in [0, 0.05) is 11.8 Å². The zero-order valence-electron chi connectivity index (χ0n) is 18.2. The van der Waals surface area contributed by atoms with E-state index in [9.17, 15) is 0 Å². The molecule has 0 bridgehead atoms. The molecule has 29 heavy (non-hydrogen) atoms. The van der Waals surface area contributed by atoms with Crippen LogP contribution >= 0.6 is 11.6 Å². The van der Waals surface area contributed by atoms with Crippen molar-refractivity contribution in [1.82, 2.24) is 20.3 Å². The quantitative estimate of drug-likeness (QED) is 0.550. The molecular formula is C20H31ClN4O3Si. The summed E-state index contributed by atoms with van der Waals surface area (Å²) in [5, 5.41) is 4.26. The Morgan fingerprint density at radius 2 is 1.90 bits per heavy atom. The number of nitrogens with one attached hydrogen (secondary N) is 2. The Kier molecular flexibility index (Phi) is 5.12. The van der Waals surface area contributed by atoms with E-state index in [2.05, 4.69) is 54.1 Å². The van der Waals surface area contributed by atoms with Gasteiger partial charge < -0.3 is 24.2 Å². The highest BCUT2D eigenvalue weighted by atomic mass is 35.5. The van der Waals surface area contributed by atoms with E-state index < -0.39 is 14.1 Å². The molecule has 2 aliphatic heterocycles. The van der Waals surface area contributed by atoms with Gasteiger partial charge in [0.2, 0.25) is 0 Å². The molecule has 4 heterocycles. The number of hydrogen-bond acceptors (Lipinski definition) is 6. The zero-order valence-corrected chi connectivity index (χ0v) is 19.9. The molecule has 0 amide bonds. The number of aromatic amines is 1. The van der Waals surface area contributed by atoms with Crippen LogP contribution in [0.3, 0.4) is 0 Å². The Balaban J connectivity index is 1.62. The van der Waals surface area contributed by atoms with Crippen LogP contribution in [0.4, 0.5) is 0 Å². The highest BCUT2D eigenvalue weighted by Crippen LogP contribution is 2.44. The number of H-pyrrole nitrogens is 1. The maximum atomic E-state index is 6.51. The topological polar surface area (TPSA) is 81.3 Å². The van der Waals surface area contributed by atoms with Crippen LogP contribution in [0.25, 0.3) is 11.0 Å². The van der Waals surface area contributed by atoms with Crippen LogP contribution in [-0.2, 0) is 13.9 Å². The lowest BCUT2D eigenvalue weighted by atomic mass is 10.0. The van der Waals surface area contributed by atoms with Crippen molar-refractivity contribution >= 4 is 31.0 Å². The Hall–Kier alpha value is -1.03. The maximum absolute atomic E-state index is 6.51. The first kappa shape index (κ1) is 21.2. The highest BCUT2D eigenvalue weighted by molar-refractivity contribution is 6.74. The molecule has 0 unspecified atom stereocenters. The van der Waals surface area contributed by atoms with Crippen molar-refractivity contribution in [2.24, 2.45) is 0 Å². The zero-order chi connectivity index (χ0) is 21.2. The smallest absolute Gasteiger partial charge is 0.192 e. The molecule has 0 aromatic carbocycles. The fraction of sp³-hybridized carbons (Fsp3) is 0.700. The largest absolute Gasteiger partial charge is 0.415 e. The second kappa shape index (κ2) is 7.00.